The monoisotopic (exact) mass is 421 g/mol. The summed E-state index contributed by atoms with van der Waals surface area (Å²) in [7, 11) is 0. The van der Waals surface area contributed by atoms with Crippen molar-refractivity contribution < 1.29 is 4.79 Å². The zero-order valence-electron chi connectivity index (χ0n) is 18.7. The van der Waals surface area contributed by atoms with Gasteiger partial charge in [0.2, 0.25) is 0 Å². The molecule has 6 heteroatoms. The number of amides is 1. The molecule has 0 unspecified atom stereocenters. The Hall–Kier alpha value is -2.47. The first-order valence-corrected chi connectivity index (χ1v) is 11.8. The molecule has 2 fully saturated rings. The van der Waals surface area contributed by atoms with Gasteiger partial charge < -0.3 is 10.2 Å². The Bertz CT molecular complexity index is 839. The van der Waals surface area contributed by atoms with E-state index < -0.39 is 0 Å². The average molecular weight is 422 g/mol. The second kappa shape index (κ2) is 10.7. The summed E-state index contributed by atoms with van der Waals surface area (Å²) in [6.45, 7) is 8.02. The minimum atomic E-state index is -0.0581. The van der Waals surface area contributed by atoms with Crippen molar-refractivity contribution in [2.75, 3.05) is 44.2 Å². The lowest BCUT2D eigenvalue weighted by Gasteiger charge is -2.35. The van der Waals surface area contributed by atoms with Crippen LogP contribution >= 0.6 is 0 Å². The van der Waals surface area contributed by atoms with Gasteiger partial charge in [0.05, 0.1) is 0 Å². The summed E-state index contributed by atoms with van der Waals surface area (Å²) in [4.78, 5) is 26.3. The third kappa shape index (κ3) is 6.03. The molecule has 2 aromatic heterocycles. The Morgan fingerprint density at radius 1 is 1.06 bits per heavy atom. The summed E-state index contributed by atoms with van der Waals surface area (Å²) >= 11 is 0. The highest BCUT2D eigenvalue weighted by molar-refractivity contribution is 5.92. The molecule has 166 valence electrons. The van der Waals surface area contributed by atoms with Crippen molar-refractivity contribution in [1.82, 2.24) is 20.2 Å². The zero-order valence-corrected chi connectivity index (χ0v) is 18.7. The van der Waals surface area contributed by atoms with E-state index in [0.717, 1.165) is 57.1 Å². The molecule has 1 aliphatic carbocycles. The van der Waals surface area contributed by atoms with Gasteiger partial charge in [-0.25, -0.2) is 4.98 Å². The minimum Gasteiger partial charge on any atom is -0.354 e. The summed E-state index contributed by atoms with van der Waals surface area (Å²) in [6, 6.07) is 10.2. The van der Waals surface area contributed by atoms with Crippen LogP contribution in [0.1, 0.15) is 66.2 Å². The van der Waals surface area contributed by atoms with Gasteiger partial charge in [-0.2, -0.15) is 0 Å². The molecule has 1 saturated heterocycles. The third-order valence-corrected chi connectivity index (χ3v) is 6.60. The molecule has 4 rings (SSSR count). The Labute approximate surface area is 186 Å². The van der Waals surface area contributed by atoms with Crippen LogP contribution in [-0.2, 0) is 0 Å². The third-order valence-electron chi connectivity index (χ3n) is 6.60. The largest absolute Gasteiger partial charge is 0.354 e. The fourth-order valence-corrected chi connectivity index (χ4v) is 4.70. The van der Waals surface area contributed by atoms with Crippen molar-refractivity contribution in [2.24, 2.45) is 0 Å². The zero-order chi connectivity index (χ0) is 21.5. The van der Waals surface area contributed by atoms with Gasteiger partial charge in [0.25, 0.3) is 5.91 Å². The second-order valence-electron chi connectivity index (χ2n) is 8.89. The van der Waals surface area contributed by atoms with Crippen LogP contribution in [0.3, 0.4) is 0 Å². The van der Waals surface area contributed by atoms with Crippen molar-refractivity contribution in [3.8, 4) is 0 Å². The van der Waals surface area contributed by atoms with Gasteiger partial charge in [-0.05, 0) is 68.8 Å². The molecule has 0 spiro atoms. The van der Waals surface area contributed by atoms with E-state index in [9.17, 15) is 4.79 Å². The first-order chi connectivity index (χ1) is 15.2. The standard InChI is InChI=1S/C25H35N5O/c1-20-7-6-10-24(28-20)30-17-15-29(16-18-30)14-5-4-13-26-25(31)23-12-11-22(19-27-23)21-8-2-3-9-21/h6-7,10-12,19,21H,2-5,8-9,13-18H2,1H3,(H,26,31). The van der Waals surface area contributed by atoms with Crippen molar-refractivity contribution in [2.45, 2.75) is 51.4 Å². The Kier molecular flexibility index (Phi) is 7.52. The highest BCUT2D eigenvalue weighted by atomic mass is 16.1. The molecule has 2 aliphatic rings. The van der Waals surface area contributed by atoms with Gasteiger partial charge in [0.1, 0.15) is 11.5 Å². The maximum atomic E-state index is 12.3. The topological polar surface area (TPSA) is 61.4 Å². The molecular formula is C25H35N5O. The Morgan fingerprint density at radius 2 is 1.87 bits per heavy atom. The maximum Gasteiger partial charge on any atom is 0.269 e. The molecule has 1 amide bonds. The number of hydrogen-bond acceptors (Lipinski definition) is 5. The molecule has 3 heterocycles. The average Bonchev–Trinajstić information content (AvgIpc) is 3.34. The molecule has 6 nitrogen and oxygen atoms in total. The summed E-state index contributed by atoms with van der Waals surface area (Å²) in [5.74, 6) is 1.67. The maximum absolute atomic E-state index is 12.3. The molecule has 0 aromatic carbocycles. The van der Waals surface area contributed by atoms with Gasteiger partial charge in [-0.3, -0.25) is 14.7 Å². The van der Waals surface area contributed by atoms with E-state index in [2.05, 4.69) is 43.3 Å². The van der Waals surface area contributed by atoms with Gasteiger partial charge in [0.15, 0.2) is 0 Å². The number of carbonyl (C=O) groups is 1. The molecular weight excluding hydrogens is 386 g/mol. The van der Waals surface area contributed by atoms with Crippen LogP contribution in [0.15, 0.2) is 36.5 Å². The Balaban J connectivity index is 1.11. The number of anilines is 1. The summed E-state index contributed by atoms with van der Waals surface area (Å²) in [5.41, 5.74) is 2.89. The first-order valence-electron chi connectivity index (χ1n) is 11.8. The van der Waals surface area contributed by atoms with Crippen LogP contribution in [0.25, 0.3) is 0 Å². The highest BCUT2D eigenvalue weighted by Crippen LogP contribution is 2.33. The molecule has 1 aliphatic heterocycles. The van der Waals surface area contributed by atoms with Crippen molar-refractivity contribution >= 4 is 11.7 Å². The van der Waals surface area contributed by atoms with Crippen LogP contribution in [-0.4, -0.2) is 60.0 Å². The van der Waals surface area contributed by atoms with Crippen LogP contribution < -0.4 is 10.2 Å². The van der Waals surface area contributed by atoms with Crippen molar-refractivity contribution in [3.63, 3.8) is 0 Å². The van der Waals surface area contributed by atoms with E-state index >= 15 is 0 Å². The molecule has 31 heavy (non-hydrogen) atoms. The van der Waals surface area contributed by atoms with Crippen LogP contribution in [0.5, 0.6) is 0 Å². The highest BCUT2D eigenvalue weighted by Gasteiger charge is 2.19. The predicted molar refractivity (Wildman–Crippen MR) is 125 cm³/mol. The van der Waals surface area contributed by atoms with E-state index in [1.165, 1.54) is 31.2 Å². The lowest BCUT2D eigenvalue weighted by molar-refractivity contribution is 0.0947. The predicted octanol–water partition coefficient (Wildman–Crippen LogP) is 3.77. The smallest absolute Gasteiger partial charge is 0.269 e. The lowest BCUT2D eigenvalue weighted by Crippen LogP contribution is -2.47. The van der Waals surface area contributed by atoms with E-state index in [1.807, 2.05) is 25.3 Å². The number of piperazine rings is 1. The van der Waals surface area contributed by atoms with Crippen LogP contribution in [0, 0.1) is 6.92 Å². The van der Waals surface area contributed by atoms with Crippen molar-refractivity contribution in [3.05, 3.63) is 53.5 Å². The number of aromatic nitrogens is 2. The van der Waals surface area contributed by atoms with Gasteiger partial charge in [0, 0.05) is 44.6 Å². The summed E-state index contributed by atoms with van der Waals surface area (Å²) in [6.07, 6.45) is 9.12. The number of nitrogens with zero attached hydrogens (tertiary/aromatic N) is 4. The number of rotatable bonds is 8. The Morgan fingerprint density at radius 3 is 2.58 bits per heavy atom. The van der Waals surface area contributed by atoms with E-state index in [1.54, 1.807) is 0 Å². The van der Waals surface area contributed by atoms with Crippen LogP contribution in [0.4, 0.5) is 5.82 Å². The molecule has 0 bridgehead atoms. The van der Waals surface area contributed by atoms with E-state index in [-0.39, 0.29) is 5.91 Å². The SMILES string of the molecule is Cc1cccc(N2CCN(CCCCNC(=O)c3ccc(C4CCCC4)cn3)CC2)n1. The van der Waals surface area contributed by atoms with Gasteiger partial charge in [-0.15, -0.1) is 0 Å². The van der Waals surface area contributed by atoms with Crippen LogP contribution in [0.2, 0.25) is 0 Å². The molecule has 1 N–H and O–H groups in total. The number of hydrogen-bond donors (Lipinski definition) is 1. The number of nitrogens with one attached hydrogen (secondary N) is 1. The normalized spacial score (nSPS) is 17.8. The fraction of sp³-hybridized carbons (Fsp3) is 0.560. The van der Waals surface area contributed by atoms with E-state index in [4.69, 9.17) is 0 Å². The summed E-state index contributed by atoms with van der Waals surface area (Å²) in [5, 5.41) is 3.02. The fourth-order valence-electron chi connectivity index (χ4n) is 4.70. The molecule has 1 saturated carbocycles. The second-order valence-corrected chi connectivity index (χ2v) is 8.89. The molecule has 2 aromatic rings. The van der Waals surface area contributed by atoms with Gasteiger partial charge in [-0.1, -0.05) is 25.0 Å². The van der Waals surface area contributed by atoms with Gasteiger partial charge >= 0.3 is 0 Å². The number of carbonyl (C=O) groups excluding carboxylic acids is 1. The quantitative estimate of drug-likeness (QED) is 0.658. The minimum absolute atomic E-state index is 0.0581. The first kappa shape index (κ1) is 21.8. The van der Waals surface area contributed by atoms with Crippen molar-refractivity contribution in [1.29, 1.82) is 0 Å². The number of pyridine rings is 2. The van der Waals surface area contributed by atoms with E-state index in [0.29, 0.717) is 18.2 Å². The number of unbranched alkanes of at least 4 members (excludes halogenated alkanes) is 1. The molecule has 0 atom stereocenters. The number of aryl methyl sites for hydroxylation is 1. The molecule has 0 radical (unpaired) electrons. The summed E-state index contributed by atoms with van der Waals surface area (Å²) < 4.78 is 0. The lowest BCUT2D eigenvalue weighted by atomic mass is 9.99.